The Kier molecular flexibility index (Phi) is 6.73. The Labute approximate surface area is 171 Å². The second-order valence-corrected chi connectivity index (χ2v) is 6.21. The van der Waals surface area contributed by atoms with Crippen LogP contribution in [0.1, 0.15) is 5.56 Å². The fourth-order valence-corrected chi connectivity index (χ4v) is 2.32. The summed E-state index contributed by atoms with van der Waals surface area (Å²) in [4.78, 5) is 0. The molecule has 1 unspecified atom stereocenters. The summed E-state index contributed by atoms with van der Waals surface area (Å²) >= 11 is 0. The van der Waals surface area contributed by atoms with Crippen LogP contribution < -0.4 is 10.1 Å². The zero-order valence-corrected chi connectivity index (χ0v) is 15.6. The summed E-state index contributed by atoms with van der Waals surface area (Å²) in [6.45, 7) is 0. The van der Waals surface area contributed by atoms with Gasteiger partial charge < -0.3 is 10.1 Å². The molecule has 11 heteroatoms. The van der Waals surface area contributed by atoms with E-state index in [1.165, 1.54) is 49.6 Å². The second kappa shape index (κ2) is 8.61. The third-order valence-electron chi connectivity index (χ3n) is 4.07. The van der Waals surface area contributed by atoms with Gasteiger partial charge in [-0.3, -0.25) is 0 Å². The summed E-state index contributed by atoms with van der Waals surface area (Å²) < 4.78 is 126. The Morgan fingerprint density at radius 2 is 1.32 bits per heavy atom. The van der Waals surface area contributed by atoms with Gasteiger partial charge in [0.05, 0.1) is 7.11 Å². The number of halogens is 9. The third kappa shape index (κ3) is 4.84. The van der Waals surface area contributed by atoms with E-state index in [0.29, 0.717) is 0 Å². The van der Waals surface area contributed by atoms with Crippen molar-refractivity contribution in [3.8, 4) is 17.6 Å². The zero-order chi connectivity index (χ0) is 23.5. The third-order valence-corrected chi connectivity index (χ3v) is 4.07. The highest BCUT2D eigenvalue weighted by Crippen LogP contribution is 2.54. The van der Waals surface area contributed by atoms with Crippen molar-refractivity contribution in [2.24, 2.45) is 0 Å². The van der Waals surface area contributed by atoms with E-state index in [0.717, 1.165) is 12.1 Å². The summed E-state index contributed by atoms with van der Waals surface area (Å²) in [5.41, 5.74) is -0.246. The van der Waals surface area contributed by atoms with Gasteiger partial charge in [0.1, 0.15) is 5.75 Å². The molecule has 0 amide bonds. The summed E-state index contributed by atoms with van der Waals surface area (Å²) in [5, 5.41) is 1.81. The van der Waals surface area contributed by atoms with Crippen molar-refractivity contribution in [1.82, 2.24) is 0 Å². The van der Waals surface area contributed by atoms with Crippen LogP contribution in [0.4, 0.5) is 45.2 Å². The monoisotopic (exact) mass is 455 g/mol. The van der Waals surface area contributed by atoms with Crippen LogP contribution in [0.2, 0.25) is 0 Å². The standard InChI is InChI=1S/C20H14F9NO/c1-31-15-10-8-14(9-11-15)30-16(12-7-13-5-3-2-4-6-13)17(21,22)18(23,24)19(25,26)20(27,28)29/h2-6,8-11,16,30H,1H3. The number of anilines is 1. The van der Waals surface area contributed by atoms with Crippen molar-refractivity contribution in [1.29, 1.82) is 0 Å². The molecule has 0 radical (unpaired) electrons. The molecule has 2 aromatic carbocycles. The molecule has 0 aromatic heterocycles. The van der Waals surface area contributed by atoms with Gasteiger partial charge in [0.15, 0.2) is 6.04 Å². The Hall–Kier alpha value is -3.03. The fourth-order valence-electron chi connectivity index (χ4n) is 2.32. The first-order chi connectivity index (χ1) is 14.2. The molecule has 0 aliphatic rings. The molecule has 0 heterocycles. The van der Waals surface area contributed by atoms with E-state index in [9.17, 15) is 39.5 Å². The fraction of sp³-hybridized carbons (Fsp3) is 0.300. The first kappa shape index (κ1) is 24.2. The molecule has 0 saturated heterocycles. The molecular formula is C20H14F9NO. The number of rotatable bonds is 6. The van der Waals surface area contributed by atoms with Gasteiger partial charge in [0.2, 0.25) is 0 Å². The lowest BCUT2D eigenvalue weighted by molar-refractivity contribution is -0.396. The van der Waals surface area contributed by atoms with Gasteiger partial charge in [0, 0.05) is 11.3 Å². The van der Waals surface area contributed by atoms with Crippen LogP contribution in [0.25, 0.3) is 0 Å². The number of methoxy groups -OCH3 is 1. The number of alkyl halides is 9. The minimum atomic E-state index is -7.02. The summed E-state index contributed by atoms with van der Waals surface area (Å²) in [5.74, 6) is -15.8. The molecule has 0 aliphatic heterocycles. The van der Waals surface area contributed by atoms with Crippen LogP contribution in [-0.2, 0) is 0 Å². The van der Waals surface area contributed by atoms with Crippen LogP contribution in [0.5, 0.6) is 5.75 Å². The smallest absolute Gasteiger partial charge is 0.460 e. The summed E-state index contributed by atoms with van der Waals surface area (Å²) in [7, 11) is 1.28. The predicted octanol–water partition coefficient (Wildman–Crippen LogP) is 6.00. The first-order valence-electron chi connectivity index (χ1n) is 8.41. The molecule has 31 heavy (non-hydrogen) atoms. The average molecular weight is 455 g/mol. The van der Waals surface area contributed by atoms with Crippen LogP contribution in [0, 0.1) is 11.8 Å². The van der Waals surface area contributed by atoms with Gasteiger partial charge >= 0.3 is 23.9 Å². The highest BCUT2D eigenvalue weighted by molar-refractivity contribution is 5.50. The highest BCUT2D eigenvalue weighted by Gasteiger charge is 2.83. The van der Waals surface area contributed by atoms with Gasteiger partial charge in [-0.2, -0.15) is 39.5 Å². The lowest BCUT2D eigenvalue weighted by Crippen LogP contribution is -2.65. The Morgan fingerprint density at radius 1 is 0.774 bits per heavy atom. The largest absolute Gasteiger partial charge is 0.497 e. The lowest BCUT2D eigenvalue weighted by Gasteiger charge is -2.36. The van der Waals surface area contributed by atoms with Crippen LogP contribution in [-0.4, -0.2) is 37.1 Å². The number of benzene rings is 2. The van der Waals surface area contributed by atoms with Gasteiger partial charge in [0.25, 0.3) is 0 Å². The Morgan fingerprint density at radius 3 is 1.81 bits per heavy atom. The predicted molar refractivity (Wildman–Crippen MR) is 94.6 cm³/mol. The number of hydrogen-bond acceptors (Lipinski definition) is 2. The van der Waals surface area contributed by atoms with Gasteiger partial charge in [-0.1, -0.05) is 30.0 Å². The maximum atomic E-state index is 14.5. The van der Waals surface area contributed by atoms with Gasteiger partial charge in [-0.05, 0) is 36.4 Å². The molecule has 2 aromatic rings. The van der Waals surface area contributed by atoms with E-state index in [-0.39, 0.29) is 17.0 Å². The van der Waals surface area contributed by atoms with Crippen molar-refractivity contribution in [3.63, 3.8) is 0 Å². The SMILES string of the molecule is COc1ccc(NC(C#Cc2ccccc2)C(F)(F)C(F)(F)C(F)(F)C(F)(F)F)cc1. The normalized spacial score (nSPS) is 13.7. The second-order valence-electron chi connectivity index (χ2n) is 6.21. The Balaban J connectivity index is 2.52. The number of nitrogens with one attached hydrogen (secondary N) is 1. The molecule has 0 fully saturated rings. The van der Waals surface area contributed by atoms with E-state index in [1.54, 1.807) is 5.92 Å². The van der Waals surface area contributed by atoms with Crippen LogP contribution in [0.15, 0.2) is 54.6 Å². The van der Waals surface area contributed by atoms with E-state index in [4.69, 9.17) is 4.74 Å². The van der Waals surface area contributed by atoms with Crippen molar-refractivity contribution in [2.75, 3.05) is 12.4 Å². The molecule has 0 saturated carbocycles. The van der Waals surface area contributed by atoms with Gasteiger partial charge in [-0.25, -0.2) is 0 Å². The minimum Gasteiger partial charge on any atom is -0.497 e. The topological polar surface area (TPSA) is 21.3 Å². The minimum absolute atomic E-state index is 0.0470. The van der Waals surface area contributed by atoms with Crippen molar-refractivity contribution >= 4 is 5.69 Å². The van der Waals surface area contributed by atoms with E-state index < -0.39 is 30.0 Å². The van der Waals surface area contributed by atoms with Crippen molar-refractivity contribution < 1.29 is 44.3 Å². The summed E-state index contributed by atoms with van der Waals surface area (Å²) in [6, 6.07) is 8.50. The maximum absolute atomic E-state index is 14.5. The average Bonchev–Trinajstić information content (AvgIpc) is 2.71. The first-order valence-corrected chi connectivity index (χ1v) is 8.41. The van der Waals surface area contributed by atoms with E-state index in [2.05, 4.69) is 5.92 Å². The molecule has 0 spiro atoms. The molecule has 168 valence electrons. The molecule has 1 N–H and O–H groups in total. The molecule has 0 aliphatic carbocycles. The zero-order valence-electron chi connectivity index (χ0n) is 15.6. The maximum Gasteiger partial charge on any atom is 0.460 e. The summed E-state index contributed by atoms with van der Waals surface area (Å²) in [6.07, 6.45) is -6.92. The highest BCUT2D eigenvalue weighted by atomic mass is 19.4. The van der Waals surface area contributed by atoms with E-state index >= 15 is 0 Å². The quantitative estimate of drug-likeness (QED) is 0.427. The lowest BCUT2D eigenvalue weighted by atomic mass is 9.96. The molecular weight excluding hydrogens is 441 g/mol. The van der Waals surface area contributed by atoms with E-state index in [1.807, 2.05) is 5.32 Å². The molecule has 0 bridgehead atoms. The van der Waals surface area contributed by atoms with Crippen molar-refractivity contribution in [3.05, 3.63) is 60.2 Å². The van der Waals surface area contributed by atoms with Crippen molar-refractivity contribution in [2.45, 2.75) is 30.0 Å². The van der Waals surface area contributed by atoms with Crippen LogP contribution >= 0.6 is 0 Å². The molecule has 2 rings (SSSR count). The molecule has 2 nitrogen and oxygen atoms in total. The number of hydrogen-bond donors (Lipinski definition) is 1. The van der Waals surface area contributed by atoms with Gasteiger partial charge in [-0.15, -0.1) is 0 Å². The molecule has 1 atom stereocenters. The number of ether oxygens (including phenoxy) is 1. The van der Waals surface area contributed by atoms with Crippen LogP contribution in [0.3, 0.4) is 0 Å². The Bertz CT molecular complexity index is 929.